The summed E-state index contributed by atoms with van der Waals surface area (Å²) in [4.78, 5) is 11.0. The van der Waals surface area contributed by atoms with Gasteiger partial charge in [-0.05, 0) is 11.6 Å². The zero-order valence-corrected chi connectivity index (χ0v) is 10.5. The van der Waals surface area contributed by atoms with Crippen molar-refractivity contribution in [3.05, 3.63) is 70.1 Å². The average molecular weight is 282 g/mol. The van der Waals surface area contributed by atoms with E-state index in [-0.39, 0.29) is 17.5 Å². The summed E-state index contributed by atoms with van der Waals surface area (Å²) in [7, 11) is 0. The lowest BCUT2D eigenvalue weighted by molar-refractivity contribution is -0.138. The summed E-state index contributed by atoms with van der Waals surface area (Å²) >= 11 is 0. The van der Waals surface area contributed by atoms with E-state index < -0.39 is 17.8 Å². The number of halogens is 3. The number of hydrogen-bond acceptors (Lipinski definition) is 2. The Morgan fingerprint density at radius 2 is 1.70 bits per heavy atom. The molecule has 1 unspecified atom stereocenters. The van der Waals surface area contributed by atoms with E-state index in [1.165, 1.54) is 42.7 Å². The standard InChI is InChI=1S/C14H13F3N2O/c15-14(16,17)12-4-2-1-3-11(12)13(18)9-19-7-5-10(20)6-8-19/h1-8,13H,9,18H2. The smallest absolute Gasteiger partial charge is 0.352 e. The Kier molecular flexibility index (Phi) is 3.94. The molecule has 20 heavy (non-hydrogen) atoms. The lowest BCUT2D eigenvalue weighted by atomic mass is 10.0. The van der Waals surface area contributed by atoms with Crippen molar-refractivity contribution in [2.75, 3.05) is 0 Å². The molecule has 0 aliphatic heterocycles. The fourth-order valence-corrected chi connectivity index (χ4v) is 1.97. The molecule has 1 heterocycles. The summed E-state index contributed by atoms with van der Waals surface area (Å²) in [5.74, 6) is 0. The highest BCUT2D eigenvalue weighted by Gasteiger charge is 2.34. The molecule has 1 aromatic carbocycles. The summed E-state index contributed by atoms with van der Waals surface area (Å²) < 4.78 is 40.3. The van der Waals surface area contributed by atoms with Gasteiger partial charge in [-0.2, -0.15) is 13.2 Å². The van der Waals surface area contributed by atoms with Crippen LogP contribution in [0.1, 0.15) is 17.2 Å². The zero-order chi connectivity index (χ0) is 14.8. The van der Waals surface area contributed by atoms with Crippen LogP contribution < -0.4 is 11.2 Å². The highest BCUT2D eigenvalue weighted by Crippen LogP contribution is 2.34. The molecule has 3 nitrogen and oxygen atoms in total. The Morgan fingerprint density at radius 3 is 2.30 bits per heavy atom. The maximum atomic E-state index is 12.9. The van der Waals surface area contributed by atoms with Crippen molar-refractivity contribution in [3.8, 4) is 0 Å². The molecule has 0 amide bonds. The Bertz CT molecular complexity index is 629. The second-order valence-corrected chi connectivity index (χ2v) is 4.42. The van der Waals surface area contributed by atoms with E-state index in [2.05, 4.69) is 0 Å². The Morgan fingerprint density at radius 1 is 1.10 bits per heavy atom. The van der Waals surface area contributed by atoms with Crippen LogP contribution in [0.3, 0.4) is 0 Å². The third-order valence-electron chi connectivity index (χ3n) is 2.93. The van der Waals surface area contributed by atoms with E-state index in [1.54, 1.807) is 4.57 Å². The number of alkyl halides is 3. The van der Waals surface area contributed by atoms with E-state index in [0.717, 1.165) is 6.07 Å². The normalized spacial score (nSPS) is 13.2. The van der Waals surface area contributed by atoms with Gasteiger partial charge in [-0.1, -0.05) is 18.2 Å². The van der Waals surface area contributed by atoms with E-state index in [4.69, 9.17) is 5.73 Å². The summed E-state index contributed by atoms with van der Waals surface area (Å²) in [6.45, 7) is 0.160. The lowest BCUT2D eigenvalue weighted by Gasteiger charge is -2.19. The molecular weight excluding hydrogens is 269 g/mol. The third-order valence-corrected chi connectivity index (χ3v) is 2.93. The molecule has 0 aliphatic carbocycles. The van der Waals surface area contributed by atoms with Gasteiger partial charge in [-0.3, -0.25) is 4.79 Å². The molecule has 1 aromatic heterocycles. The molecule has 0 radical (unpaired) electrons. The van der Waals surface area contributed by atoms with Gasteiger partial charge < -0.3 is 10.3 Å². The SMILES string of the molecule is NC(Cn1ccc(=O)cc1)c1ccccc1C(F)(F)F. The maximum Gasteiger partial charge on any atom is 0.416 e. The van der Waals surface area contributed by atoms with Crippen molar-refractivity contribution < 1.29 is 13.2 Å². The Labute approximate surface area is 113 Å². The Hall–Kier alpha value is -2.08. The maximum absolute atomic E-state index is 12.9. The van der Waals surface area contributed by atoms with E-state index >= 15 is 0 Å². The second-order valence-electron chi connectivity index (χ2n) is 4.42. The molecule has 1 atom stereocenters. The molecule has 2 rings (SSSR count). The molecule has 0 fully saturated rings. The van der Waals surface area contributed by atoms with Gasteiger partial charge in [0.25, 0.3) is 0 Å². The van der Waals surface area contributed by atoms with Crippen molar-refractivity contribution in [2.24, 2.45) is 5.73 Å². The van der Waals surface area contributed by atoms with Crippen molar-refractivity contribution in [1.82, 2.24) is 4.57 Å². The van der Waals surface area contributed by atoms with Crippen LogP contribution in [0.25, 0.3) is 0 Å². The fraction of sp³-hybridized carbons (Fsp3) is 0.214. The van der Waals surface area contributed by atoms with Crippen LogP contribution in [0, 0.1) is 0 Å². The number of hydrogen-bond donors (Lipinski definition) is 1. The lowest BCUT2D eigenvalue weighted by Crippen LogP contribution is -2.22. The minimum Gasteiger partial charge on any atom is -0.352 e. The van der Waals surface area contributed by atoms with Crippen molar-refractivity contribution >= 4 is 0 Å². The average Bonchev–Trinajstić information content (AvgIpc) is 2.40. The van der Waals surface area contributed by atoms with Gasteiger partial charge in [-0.15, -0.1) is 0 Å². The number of rotatable bonds is 3. The minimum atomic E-state index is -4.43. The molecule has 6 heteroatoms. The first-order chi connectivity index (χ1) is 9.38. The van der Waals surface area contributed by atoms with Crippen molar-refractivity contribution in [2.45, 2.75) is 18.8 Å². The van der Waals surface area contributed by atoms with Gasteiger partial charge in [0, 0.05) is 37.1 Å². The zero-order valence-electron chi connectivity index (χ0n) is 10.5. The van der Waals surface area contributed by atoms with Crippen LogP contribution in [0.15, 0.2) is 53.6 Å². The molecule has 0 bridgehead atoms. The third kappa shape index (κ3) is 3.27. The first-order valence-corrected chi connectivity index (χ1v) is 5.96. The highest BCUT2D eigenvalue weighted by molar-refractivity contribution is 5.32. The van der Waals surface area contributed by atoms with E-state index in [9.17, 15) is 18.0 Å². The van der Waals surface area contributed by atoms with Gasteiger partial charge in [0.1, 0.15) is 0 Å². The largest absolute Gasteiger partial charge is 0.416 e. The minimum absolute atomic E-state index is 0.0405. The van der Waals surface area contributed by atoms with Gasteiger partial charge in [0.15, 0.2) is 5.43 Å². The first kappa shape index (κ1) is 14.3. The predicted octanol–water partition coefficient (Wildman–Crippen LogP) is 2.57. The Balaban J connectivity index is 2.27. The number of aromatic nitrogens is 1. The van der Waals surface area contributed by atoms with Gasteiger partial charge in [0.05, 0.1) is 5.56 Å². The summed E-state index contributed by atoms with van der Waals surface area (Å²) in [6, 6.07) is 7.10. The summed E-state index contributed by atoms with van der Waals surface area (Å²) in [5, 5.41) is 0. The number of benzene rings is 1. The van der Waals surface area contributed by atoms with Gasteiger partial charge in [0.2, 0.25) is 0 Å². The predicted molar refractivity (Wildman–Crippen MR) is 69.1 cm³/mol. The topological polar surface area (TPSA) is 48.0 Å². The van der Waals surface area contributed by atoms with Crippen LogP contribution in [-0.4, -0.2) is 4.57 Å². The summed E-state index contributed by atoms with van der Waals surface area (Å²) in [5.41, 5.74) is 5.01. The van der Waals surface area contributed by atoms with E-state index in [0.29, 0.717) is 0 Å². The molecule has 0 saturated heterocycles. The number of pyridine rings is 1. The molecular formula is C14H13F3N2O. The monoisotopic (exact) mass is 282 g/mol. The molecule has 2 aromatic rings. The van der Waals surface area contributed by atoms with Crippen molar-refractivity contribution in [3.63, 3.8) is 0 Å². The number of nitrogens with two attached hydrogens (primary N) is 1. The number of nitrogens with zero attached hydrogens (tertiary/aromatic N) is 1. The second kappa shape index (κ2) is 5.50. The van der Waals surface area contributed by atoms with Gasteiger partial charge in [-0.25, -0.2) is 0 Å². The summed E-state index contributed by atoms with van der Waals surface area (Å²) in [6.07, 6.45) is -1.44. The van der Waals surface area contributed by atoms with Crippen LogP contribution in [-0.2, 0) is 12.7 Å². The van der Waals surface area contributed by atoms with E-state index in [1.807, 2.05) is 0 Å². The fourth-order valence-electron chi connectivity index (χ4n) is 1.97. The van der Waals surface area contributed by atoms with Crippen LogP contribution in [0.2, 0.25) is 0 Å². The van der Waals surface area contributed by atoms with Gasteiger partial charge >= 0.3 is 6.18 Å². The van der Waals surface area contributed by atoms with Crippen molar-refractivity contribution in [1.29, 1.82) is 0 Å². The first-order valence-electron chi connectivity index (χ1n) is 5.96. The van der Waals surface area contributed by atoms with Crippen LogP contribution in [0.5, 0.6) is 0 Å². The van der Waals surface area contributed by atoms with Crippen LogP contribution >= 0.6 is 0 Å². The quantitative estimate of drug-likeness (QED) is 0.940. The molecule has 0 aliphatic rings. The molecule has 0 spiro atoms. The molecule has 106 valence electrons. The molecule has 2 N–H and O–H groups in total. The highest BCUT2D eigenvalue weighted by atomic mass is 19.4. The van der Waals surface area contributed by atoms with Crippen LogP contribution in [0.4, 0.5) is 13.2 Å². The molecule has 0 saturated carbocycles.